The first kappa shape index (κ1) is 14.6. The van der Waals surface area contributed by atoms with Crippen molar-refractivity contribution in [1.82, 2.24) is 4.90 Å². The topological polar surface area (TPSA) is 15.3 Å². The van der Waals surface area contributed by atoms with E-state index in [2.05, 4.69) is 74.7 Å². The van der Waals surface area contributed by atoms with E-state index in [0.717, 1.165) is 17.6 Å². The zero-order valence-corrected chi connectivity index (χ0v) is 13.8. The summed E-state index contributed by atoms with van der Waals surface area (Å²) < 4.78 is 1.12. The summed E-state index contributed by atoms with van der Waals surface area (Å²) in [6.45, 7) is 4.46. The average Bonchev–Trinajstić information content (AvgIpc) is 3.01. The molecule has 0 aromatic heterocycles. The van der Waals surface area contributed by atoms with Crippen LogP contribution in [0.3, 0.4) is 0 Å². The van der Waals surface area contributed by atoms with Crippen molar-refractivity contribution in [2.24, 2.45) is 0 Å². The summed E-state index contributed by atoms with van der Waals surface area (Å²) in [6, 6.07) is 17.3. The van der Waals surface area contributed by atoms with Crippen LogP contribution in [0.4, 0.5) is 5.69 Å². The lowest BCUT2D eigenvalue weighted by Crippen LogP contribution is -2.18. The molecule has 0 radical (unpaired) electrons. The van der Waals surface area contributed by atoms with Crippen molar-refractivity contribution in [1.29, 1.82) is 0 Å². The first-order valence-corrected chi connectivity index (χ1v) is 8.38. The Morgan fingerprint density at radius 3 is 2.14 bits per heavy atom. The first-order chi connectivity index (χ1) is 10.3. The maximum atomic E-state index is 3.47. The van der Waals surface area contributed by atoms with Crippen molar-refractivity contribution in [2.75, 3.05) is 18.4 Å². The van der Waals surface area contributed by atoms with Gasteiger partial charge in [0, 0.05) is 23.2 Å². The van der Waals surface area contributed by atoms with E-state index in [0.29, 0.717) is 0 Å². The molecule has 2 aromatic carbocycles. The van der Waals surface area contributed by atoms with Crippen molar-refractivity contribution in [3.63, 3.8) is 0 Å². The number of halogens is 1. The number of anilines is 1. The van der Waals surface area contributed by atoms with Gasteiger partial charge in [0.05, 0.1) is 0 Å². The van der Waals surface area contributed by atoms with E-state index in [4.69, 9.17) is 0 Å². The highest BCUT2D eigenvalue weighted by molar-refractivity contribution is 9.10. The Balaban J connectivity index is 1.52. The third kappa shape index (κ3) is 4.32. The molecule has 1 heterocycles. The Morgan fingerprint density at radius 2 is 1.48 bits per heavy atom. The van der Waals surface area contributed by atoms with Gasteiger partial charge in [-0.15, -0.1) is 0 Å². The fraction of sp³-hybridized carbons (Fsp3) is 0.333. The number of nitrogens with one attached hydrogen (secondary N) is 1. The van der Waals surface area contributed by atoms with E-state index in [-0.39, 0.29) is 0 Å². The molecule has 1 aliphatic heterocycles. The van der Waals surface area contributed by atoms with Crippen molar-refractivity contribution < 1.29 is 0 Å². The molecule has 1 saturated heterocycles. The van der Waals surface area contributed by atoms with E-state index in [9.17, 15) is 0 Å². The van der Waals surface area contributed by atoms with E-state index < -0.39 is 0 Å². The van der Waals surface area contributed by atoms with Crippen LogP contribution >= 0.6 is 15.9 Å². The molecule has 1 fully saturated rings. The second-order valence-electron chi connectivity index (χ2n) is 5.66. The smallest absolute Gasteiger partial charge is 0.0400 e. The molecule has 3 rings (SSSR count). The summed E-state index contributed by atoms with van der Waals surface area (Å²) in [5.74, 6) is 0. The van der Waals surface area contributed by atoms with E-state index in [1.54, 1.807) is 0 Å². The highest BCUT2D eigenvalue weighted by Gasteiger charge is 2.11. The summed E-state index contributed by atoms with van der Waals surface area (Å²) in [4.78, 5) is 2.53. The number of benzene rings is 2. The lowest BCUT2D eigenvalue weighted by molar-refractivity contribution is 0.331. The van der Waals surface area contributed by atoms with Gasteiger partial charge in [-0.05, 0) is 61.3 Å². The van der Waals surface area contributed by atoms with Crippen LogP contribution in [0.5, 0.6) is 0 Å². The van der Waals surface area contributed by atoms with Gasteiger partial charge in [-0.3, -0.25) is 4.90 Å². The van der Waals surface area contributed by atoms with Crippen molar-refractivity contribution >= 4 is 21.6 Å². The number of hydrogen-bond acceptors (Lipinski definition) is 2. The molecule has 3 heteroatoms. The van der Waals surface area contributed by atoms with Gasteiger partial charge in [0.25, 0.3) is 0 Å². The normalized spacial score (nSPS) is 15.3. The van der Waals surface area contributed by atoms with Crippen LogP contribution in [0.25, 0.3) is 0 Å². The predicted molar refractivity (Wildman–Crippen MR) is 92.4 cm³/mol. The first-order valence-electron chi connectivity index (χ1n) is 7.59. The largest absolute Gasteiger partial charge is 0.381 e. The van der Waals surface area contributed by atoms with E-state index >= 15 is 0 Å². The predicted octanol–water partition coefficient (Wildman–Crippen LogP) is 4.66. The Morgan fingerprint density at radius 1 is 0.857 bits per heavy atom. The van der Waals surface area contributed by atoms with Gasteiger partial charge in [-0.2, -0.15) is 0 Å². The van der Waals surface area contributed by atoms with Crippen LogP contribution in [0.15, 0.2) is 53.0 Å². The molecular formula is C18H21BrN2. The molecule has 0 spiro atoms. The van der Waals surface area contributed by atoms with Crippen molar-refractivity contribution in [3.8, 4) is 0 Å². The standard InChI is InChI=1S/C18H21BrN2/c19-17-7-3-15(4-8-17)13-20-18-9-5-16(6-10-18)14-21-11-1-2-12-21/h3-10,20H,1-2,11-14H2. The maximum absolute atomic E-state index is 3.47. The van der Waals surface area contributed by atoms with Gasteiger partial charge in [0.2, 0.25) is 0 Å². The lowest BCUT2D eigenvalue weighted by Gasteiger charge is -2.15. The molecule has 0 saturated carbocycles. The molecule has 0 amide bonds. The Kier molecular flexibility index (Phi) is 4.94. The summed E-state index contributed by atoms with van der Waals surface area (Å²) in [5.41, 5.74) is 3.88. The highest BCUT2D eigenvalue weighted by atomic mass is 79.9. The molecule has 110 valence electrons. The third-order valence-corrected chi connectivity index (χ3v) is 4.50. The molecule has 2 aromatic rings. The second-order valence-corrected chi connectivity index (χ2v) is 6.58. The lowest BCUT2D eigenvalue weighted by atomic mass is 10.2. The Hall–Kier alpha value is -1.32. The summed E-state index contributed by atoms with van der Waals surface area (Å²) >= 11 is 3.46. The molecular weight excluding hydrogens is 324 g/mol. The SMILES string of the molecule is Brc1ccc(CNc2ccc(CN3CCCC3)cc2)cc1. The minimum Gasteiger partial charge on any atom is -0.381 e. The molecule has 0 bridgehead atoms. The van der Waals surface area contributed by atoms with Crippen molar-refractivity contribution in [3.05, 3.63) is 64.1 Å². The van der Waals surface area contributed by atoms with Crippen LogP contribution in [0.1, 0.15) is 24.0 Å². The quantitative estimate of drug-likeness (QED) is 0.848. The maximum Gasteiger partial charge on any atom is 0.0400 e. The van der Waals surface area contributed by atoms with Gasteiger partial charge in [0.15, 0.2) is 0 Å². The van der Waals surface area contributed by atoms with Gasteiger partial charge < -0.3 is 5.32 Å². The number of hydrogen-bond donors (Lipinski definition) is 1. The van der Waals surface area contributed by atoms with Gasteiger partial charge in [0.1, 0.15) is 0 Å². The molecule has 0 unspecified atom stereocenters. The Labute approximate surface area is 135 Å². The minimum absolute atomic E-state index is 0.860. The molecule has 1 N–H and O–H groups in total. The molecule has 2 nitrogen and oxygen atoms in total. The zero-order chi connectivity index (χ0) is 14.5. The summed E-state index contributed by atoms with van der Waals surface area (Å²) in [5, 5.41) is 3.47. The zero-order valence-electron chi connectivity index (χ0n) is 12.2. The highest BCUT2D eigenvalue weighted by Crippen LogP contribution is 2.16. The van der Waals surface area contributed by atoms with E-state index in [1.165, 1.54) is 42.7 Å². The fourth-order valence-electron chi connectivity index (χ4n) is 2.73. The van der Waals surface area contributed by atoms with Crippen LogP contribution in [-0.4, -0.2) is 18.0 Å². The Bertz CT molecular complexity index is 557. The molecule has 0 atom stereocenters. The van der Waals surface area contributed by atoms with Crippen LogP contribution in [0, 0.1) is 0 Å². The molecule has 21 heavy (non-hydrogen) atoms. The third-order valence-electron chi connectivity index (χ3n) is 3.97. The van der Waals surface area contributed by atoms with Crippen molar-refractivity contribution in [2.45, 2.75) is 25.9 Å². The van der Waals surface area contributed by atoms with Gasteiger partial charge >= 0.3 is 0 Å². The fourth-order valence-corrected chi connectivity index (χ4v) is 3.00. The van der Waals surface area contributed by atoms with E-state index in [1.807, 2.05) is 0 Å². The molecule has 0 aliphatic carbocycles. The van der Waals surface area contributed by atoms with Gasteiger partial charge in [-0.25, -0.2) is 0 Å². The minimum atomic E-state index is 0.860. The van der Waals surface area contributed by atoms with Gasteiger partial charge in [-0.1, -0.05) is 40.2 Å². The van der Waals surface area contributed by atoms with Crippen LogP contribution < -0.4 is 5.32 Å². The average molecular weight is 345 g/mol. The summed E-state index contributed by atoms with van der Waals surface area (Å²) in [7, 11) is 0. The number of likely N-dealkylation sites (tertiary alicyclic amines) is 1. The monoisotopic (exact) mass is 344 g/mol. The van der Waals surface area contributed by atoms with Crippen LogP contribution in [0.2, 0.25) is 0 Å². The number of rotatable bonds is 5. The molecule has 1 aliphatic rings. The van der Waals surface area contributed by atoms with Crippen LogP contribution in [-0.2, 0) is 13.1 Å². The second kappa shape index (κ2) is 7.10. The summed E-state index contributed by atoms with van der Waals surface area (Å²) in [6.07, 6.45) is 2.71. The number of nitrogens with zero attached hydrogens (tertiary/aromatic N) is 1.